The zero-order valence-corrected chi connectivity index (χ0v) is 13.1. The van der Waals surface area contributed by atoms with Gasteiger partial charge in [0.1, 0.15) is 0 Å². The van der Waals surface area contributed by atoms with Crippen LogP contribution in [0.15, 0.2) is 79.5 Å². The first-order chi connectivity index (χ1) is 11.4. The Morgan fingerprint density at radius 2 is 1.91 bits per heavy atom. The fourth-order valence-electron chi connectivity index (χ4n) is 2.35. The Morgan fingerprint density at radius 1 is 1.00 bits per heavy atom. The number of hydrogen-bond donors (Lipinski definition) is 1. The van der Waals surface area contributed by atoms with E-state index in [1.165, 1.54) is 5.56 Å². The van der Waals surface area contributed by atoms with Crippen molar-refractivity contribution < 1.29 is 0 Å². The minimum absolute atomic E-state index is 0.881. The van der Waals surface area contributed by atoms with Crippen molar-refractivity contribution in [1.29, 1.82) is 0 Å². The number of rotatable bonds is 4. The fourth-order valence-corrected chi connectivity index (χ4v) is 3.19. The summed E-state index contributed by atoms with van der Waals surface area (Å²) < 4.78 is 1.97. The molecule has 0 amide bonds. The highest BCUT2D eigenvalue weighted by molar-refractivity contribution is 7.18. The third kappa shape index (κ3) is 3.00. The first kappa shape index (κ1) is 13.7. The third-order valence-corrected chi connectivity index (χ3v) is 4.43. The van der Waals surface area contributed by atoms with Gasteiger partial charge in [0.2, 0.25) is 0 Å². The summed E-state index contributed by atoms with van der Waals surface area (Å²) in [5, 5.41) is 4.25. The van der Waals surface area contributed by atoms with Gasteiger partial charge in [-0.15, -0.1) is 0 Å². The lowest BCUT2D eigenvalue weighted by molar-refractivity contribution is 1.06. The van der Waals surface area contributed by atoms with Crippen molar-refractivity contribution in [3.8, 4) is 16.1 Å². The molecule has 2 aromatic heterocycles. The van der Waals surface area contributed by atoms with Gasteiger partial charge >= 0.3 is 0 Å². The molecule has 1 N–H and O–H groups in total. The first-order valence-electron chi connectivity index (χ1n) is 7.25. The van der Waals surface area contributed by atoms with Crippen molar-refractivity contribution in [3.05, 3.63) is 79.5 Å². The summed E-state index contributed by atoms with van der Waals surface area (Å²) >= 11 is 1.64. The van der Waals surface area contributed by atoms with E-state index in [1.807, 2.05) is 53.4 Å². The molecule has 112 valence electrons. The zero-order valence-electron chi connectivity index (χ0n) is 12.3. The van der Waals surface area contributed by atoms with Crippen molar-refractivity contribution in [2.75, 3.05) is 5.32 Å². The molecule has 2 aromatic carbocycles. The molecule has 4 nitrogen and oxygen atoms in total. The van der Waals surface area contributed by atoms with Gasteiger partial charge in [0.05, 0.1) is 11.2 Å². The number of anilines is 2. The maximum Gasteiger partial charge on any atom is 0.187 e. The van der Waals surface area contributed by atoms with E-state index in [2.05, 4.69) is 33.5 Å². The minimum Gasteiger partial charge on any atom is -0.331 e. The first-order valence-corrected chi connectivity index (χ1v) is 8.07. The van der Waals surface area contributed by atoms with Crippen LogP contribution in [0.1, 0.15) is 0 Å². The Kier molecular flexibility index (Phi) is 3.62. The number of benzene rings is 2. The molecule has 4 aromatic rings. The van der Waals surface area contributed by atoms with E-state index in [0.717, 1.165) is 21.4 Å². The molecule has 0 spiro atoms. The maximum absolute atomic E-state index is 4.47. The summed E-state index contributed by atoms with van der Waals surface area (Å²) in [5.41, 5.74) is 3.25. The topological polar surface area (TPSA) is 42.7 Å². The van der Waals surface area contributed by atoms with Gasteiger partial charge in [-0.3, -0.25) is 0 Å². The second kappa shape index (κ2) is 6.06. The van der Waals surface area contributed by atoms with Crippen LogP contribution in [-0.2, 0) is 0 Å². The zero-order chi connectivity index (χ0) is 15.5. The molecule has 0 unspecified atom stereocenters. The molecule has 0 bridgehead atoms. The molecule has 0 saturated carbocycles. The number of thiazole rings is 1. The molecule has 0 fully saturated rings. The lowest BCUT2D eigenvalue weighted by Gasteiger charge is -2.06. The van der Waals surface area contributed by atoms with Crippen LogP contribution in [0.2, 0.25) is 0 Å². The van der Waals surface area contributed by atoms with E-state index in [1.54, 1.807) is 23.9 Å². The summed E-state index contributed by atoms with van der Waals surface area (Å²) in [5.74, 6) is 0. The van der Waals surface area contributed by atoms with E-state index in [-0.39, 0.29) is 0 Å². The normalized spacial score (nSPS) is 10.6. The van der Waals surface area contributed by atoms with E-state index >= 15 is 0 Å². The van der Waals surface area contributed by atoms with E-state index in [9.17, 15) is 0 Å². The van der Waals surface area contributed by atoms with Crippen molar-refractivity contribution >= 4 is 22.2 Å². The van der Waals surface area contributed by atoms with Gasteiger partial charge < -0.3 is 9.88 Å². The molecule has 0 aliphatic rings. The van der Waals surface area contributed by atoms with Gasteiger partial charge in [0, 0.05) is 30.0 Å². The van der Waals surface area contributed by atoms with Crippen molar-refractivity contribution in [2.24, 2.45) is 0 Å². The fraction of sp³-hybridized carbons (Fsp3) is 0. The second-order valence-corrected chi connectivity index (χ2v) is 6.07. The van der Waals surface area contributed by atoms with Crippen LogP contribution in [0.5, 0.6) is 0 Å². The molecule has 23 heavy (non-hydrogen) atoms. The van der Waals surface area contributed by atoms with E-state index in [4.69, 9.17) is 0 Å². The Labute approximate surface area is 138 Å². The van der Waals surface area contributed by atoms with Crippen LogP contribution in [0.4, 0.5) is 10.8 Å². The predicted octanol–water partition coefficient (Wildman–Crippen LogP) is 4.74. The van der Waals surface area contributed by atoms with Crippen molar-refractivity contribution in [2.45, 2.75) is 0 Å². The van der Waals surface area contributed by atoms with E-state index in [0.29, 0.717) is 0 Å². The maximum atomic E-state index is 4.47. The smallest absolute Gasteiger partial charge is 0.187 e. The average Bonchev–Trinajstić information content (AvgIpc) is 3.28. The van der Waals surface area contributed by atoms with Crippen LogP contribution < -0.4 is 5.32 Å². The highest BCUT2D eigenvalue weighted by Crippen LogP contribution is 2.30. The van der Waals surface area contributed by atoms with Crippen LogP contribution >= 0.6 is 11.3 Å². The van der Waals surface area contributed by atoms with Gasteiger partial charge in [-0.05, 0) is 23.8 Å². The Balaban J connectivity index is 1.57. The molecule has 0 saturated heterocycles. The molecule has 5 heteroatoms. The summed E-state index contributed by atoms with van der Waals surface area (Å²) in [4.78, 5) is 9.70. The lowest BCUT2D eigenvalue weighted by Crippen LogP contribution is -1.93. The molecule has 2 heterocycles. The SMILES string of the molecule is c1ccc(-c2cnc(Nc3cccc(-n4ccnc4)c3)s2)cc1. The molecular formula is C18H14N4S. The monoisotopic (exact) mass is 318 g/mol. The molecular weight excluding hydrogens is 304 g/mol. The summed E-state index contributed by atoms with van der Waals surface area (Å²) in [6, 6.07) is 18.5. The average molecular weight is 318 g/mol. The largest absolute Gasteiger partial charge is 0.331 e. The van der Waals surface area contributed by atoms with Crippen LogP contribution in [0.25, 0.3) is 16.1 Å². The van der Waals surface area contributed by atoms with Gasteiger partial charge in [0.25, 0.3) is 0 Å². The molecule has 0 radical (unpaired) electrons. The Bertz CT molecular complexity index is 898. The van der Waals surface area contributed by atoms with E-state index < -0.39 is 0 Å². The number of aromatic nitrogens is 3. The lowest BCUT2D eigenvalue weighted by atomic mass is 10.2. The predicted molar refractivity (Wildman–Crippen MR) is 94.4 cm³/mol. The van der Waals surface area contributed by atoms with Crippen molar-refractivity contribution in [1.82, 2.24) is 14.5 Å². The summed E-state index contributed by atoms with van der Waals surface area (Å²) in [6.45, 7) is 0. The molecule has 0 aliphatic heterocycles. The number of nitrogens with zero attached hydrogens (tertiary/aromatic N) is 3. The molecule has 0 aliphatic carbocycles. The Morgan fingerprint density at radius 3 is 2.74 bits per heavy atom. The Hall–Kier alpha value is -2.92. The number of nitrogens with one attached hydrogen (secondary N) is 1. The number of imidazole rings is 1. The van der Waals surface area contributed by atoms with Crippen LogP contribution in [-0.4, -0.2) is 14.5 Å². The highest BCUT2D eigenvalue weighted by Gasteiger charge is 2.05. The standard InChI is InChI=1S/C18H14N4S/c1-2-5-14(6-3-1)17-12-20-18(23-17)21-15-7-4-8-16(11-15)22-10-9-19-13-22/h1-13H,(H,20,21). The second-order valence-electron chi connectivity index (χ2n) is 5.04. The summed E-state index contributed by atoms with van der Waals surface area (Å²) in [6.07, 6.45) is 7.39. The van der Waals surface area contributed by atoms with Gasteiger partial charge in [-0.1, -0.05) is 47.7 Å². The van der Waals surface area contributed by atoms with Gasteiger partial charge in [-0.2, -0.15) is 0 Å². The van der Waals surface area contributed by atoms with Crippen LogP contribution in [0, 0.1) is 0 Å². The molecule has 4 rings (SSSR count). The minimum atomic E-state index is 0.881. The number of hydrogen-bond acceptors (Lipinski definition) is 4. The summed E-state index contributed by atoms with van der Waals surface area (Å²) in [7, 11) is 0. The van der Waals surface area contributed by atoms with Gasteiger partial charge in [-0.25, -0.2) is 9.97 Å². The third-order valence-electron chi connectivity index (χ3n) is 3.46. The van der Waals surface area contributed by atoms with Crippen LogP contribution in [0.3, 0.4) is 0 Å². The molecule has 0 atom stereocenters. The van der Waals surface area contributed by atoms with Gasteiger partial charge in [0.15, 0.2) is 5.13 Å². The highest BCUT2D eigenvalue weighted by atomic mass is 32.1. The quantitative estimate of drug-likeness (QED) is 0.591. The van der Waals surface area contributed by atoms with Crippen molar-refractivity contribution in [3.63, 3.8) is 0 Å².